The number of hydrogen-bond donors (Lipinski definition) is 0. The van der Waals surface area contributed by atoms with Crippen molar-refractivity contribution in [3.8, 4) is 28.5 Å². The molecule has 36 heavy (non-hydrogen) atoms. The second-order valence-corrected chi connectivity index (χ2v) is 9.64. The molecule has 1 aromatic heterocycles. The highest BCUT2D eigenvalue weighted by Gasteiger charge is 2.50. The van der Waals surface area contributed by atoms with Crippen LogP contribution in [0, 0.1) is 18.3 Å². The number of aromatic nitrogens is 1. The van der Waals surface area contributed by atoms with Crippen molar-refractivity contribution in [1.29, 1.82) is 5.26 Å². The van der Waals surface area contributed by atoms with Crippen molar-refractivity contribution in [2.24, 2.45) is 4.99 Å². The largest absolute Gasteiger partial charge is 0.378 e. The van der Waals surface area contributed by atoms with Gasteiger partial charge in [-0.15, -0.1) is 0 Å². The van der Waals surface area contributed by atoms with Gasteiger partial charge in [-0.3, -0.25) is 19.7 Å². The van der Waals surface area contributed by atoms with Crippen molar-refractivity contribution < 1.29 is 9.53 Å². The number of carbonyl (C=O) groups is 1. The lowest BCUT2D eigenvalue weighted by Crippen LogP contribution is -2.42. The predicted octanol–water partition coefficient (Wildman–Crippen LogP) is 5.69. The van der Waals surface area contributed by atoms with Crippen LogP contribution in [0.25, 0.3) is 22.4 Å². The molecule has 1 amide bonds. The number of pyridine rings is 1. The molecule has 0 radical (unpaired) electrons. The molecule has 1 unspecified atom stereocenters. The highest BCUT2D eigenvalue weighted by Crippen LogP contribution is 2.34. The molecule has 2 aliphatic rings. The van der Waals surface area contributed by atoms with Gasteiger partial charge in [-0.25, -0.2) is 0 Å². The molecule has 1 spiro atoms. The number of carbonyl (C=O) groups excluding carboxylic acids is 1. The third-order valence-corrected chi connectivity index (χ3v) is 7.01. The number of nitrogens with zero attached hydrogens (tertiary/aromatic N) is 4. The number of nitriles is 1. The maximum atomic E-state index is 13.4. The molecule has 0 aliphatic carbocycles. The Labute approximate surface area is 212 Å². The van der Waals surface area contributed by atoms with Gasteiger partial charge in [-0.2, -0.15) is 5.26 Å². The minimum absolute atomic E-state index is 0.0558. The van der Waals surface area contributed by atoms with E-state index in [9.17, 15) is 10.1 Å². The van der Waals surface area contributed by atoms with Gasteiger partial charge in [0, 0.05) is 36.8 Å². The number of aliphatic imine (C=N–C) groups is 1. The zero-order chi connectivity index (χ0) is 25.1. The molecule has 0 bridgehead atoms. The Morgan fingerprint density at radius 1 is 1.11 bits per heavy atom. The van der Waals surface area contributed by atoms with Crippen molar-refractivity contribution >= 4 is 11.7 Å². The Kier molecular flexibility index (Phi) is 6.67. The minimum Gasteiger partial charge on any atom is -0.378 e. The molecule has 1 atom stereocenters. The Morgan fingerprint density at radius 3 is 2.61 bits per heavy atom. The summed E-state index contributed by atoms with van der Waals surface area (Å²) in [6.07, 6.45) is 5.31. The number of unbranched alkanes of at least 4 members (excludes halogenated alkanes) is 1. The summed E-state index contributed by atoms with van der Waals surface area (Å²) in [4.78, 5) is 24.6. The van der Waals surface area contributed by atoms with E-state index in [0.717, 1.165) is 58.6 Å². The minimum atomic E-state index is -0.727. The number of benzene rings is 2. The van der Waals surface area contributed by atoms with Gasteiger partial charge in [0.15, 0.2) is 5.54 Å². The third kappa shape index (κ3) is 4.55. The molecule has 5 rings (SSSR count). The monoisotopic (exact) mass is 478 g/mol. The predicted molar refractivity (Wildman–Crippen MR) is 140 cm³/mol. The summed E-state index contributed by atoms with van der Waals surface area (Å²) < 4.78 is 5.55. The van der Waals surface area contributed by atoms with Gasteiger partial charge in [-0.1, -0.05) is 43.7 Å². The molecular weight excluding hydrogens is 448 g/mol. The van der Waals surface area contributed by atoms with Crippen molar-refractivity contribution in [2.45, 2.75) is 51.6 Å². The van der Waals surface area contributed by atoms with Gasteiger partial charge < -0.3 is 4.74 Å². The molecule has 1 fully saturated rings. The first-order valence-electron chi connectivity index (χ1n) is 12.6. The fourth-order valence-electron chi connectivity index (χ4n) is 4.93. The molecule has 1 saturated heterocycles. The van der Waals surface area contributed by atoms with Gasteiger partial charge in [-0.05, 0) is 54.3 Å². The first-order chi connectivity index (χ1) is 17.5. The molecule has 182 valence electrons. The number of amidine groups is 1. The van der Waals surface area contributed by atoms with Crippen LogP contribution >= 0.6 is 0 Å². The number of ether oxygens (including phenoxy) is 1. The molecule has 6 nitrogen and oxygen atoms in total. The molecule has 0 N–H and O–H groups in total. The van der Waals surface area contributed by atoms with E-state index in [1.54, 1.807) is 6.20 Å². The van der Waals surface area contributed by atoms with Gasteiger partial charge in [0.05, 0.1) is 30.5 Å². The number of hydrogen-bond acceptors (Lipinski definition) is 5. The maximum absolute atomic E-state index is 13.4. The maximum Gasteiger partial charge on any atom is 0.258 e. The molecule has 6 heteroatoms. The van der Waals surface area contributed by atoms with Gasteiger partial charge in [0.2, 0.25) is 0 Å². The quantitative estimate of drug-likeness (QED) is 0.437. The first kappa shape index (κ1) is 23.9. The summed E-state index contributed by atoms with van der Waals surface area (Å²) in [7, 11) is 0. The van der Waals surface area contributed by atoms with Gasteiger partial charge >= 0.3 is 0 Å². The van der Waals surface area contributed by atoms with Gasteiger partial charge in [0.1, 0.15) is 5.84 Å². The lowest BCUT2D eigenvalue weighted by molar-refractivity contribution is -0.131. The summed E-state index contributed by atoms with van der Waals surface area (Å²) in [6, 6.07) is 20.3. The summed E-state index contributed by atoms with van der Waals surface area (Å²) in [6.45, 7) is 5.63. The second-order valence-electron chi connectivity index (χ2n) is 9.64. The van der Waals surface area contributed by atoms with E-state index < -0.39 is 5.54 Å². The van der Waals surface area contributed by atoms with E-state index in [2.05, 4.69) is 18.0 Å². The smallest absolute Gasteiger partial charge is 0.258 e. The van der Waals surface area contributed by atoms with Crippen LogP contribution in [0.3, 0.4) is 0 Å². The fraction of sp³-hybridized carbons (Fsp3) is 0.333. The van der Waals surface area contributed by atoms with Crippen molar-refractivity contribution in [3.63, 3.8) is 0 Å². The van der Waals surface area contributed by atoms with Crippen LogP contribution < -0.4 is 0 Å². The van der Waals surface area contributed by atoms with Crippen LogP contribution in [-0.2, 0) is 16.1 Å². The summed E-state index contributed by atoms with van der Waals surface area (Å²) in [5.74, 6) is 0.932. The topological polar surface area (TPSA) is 78.6 Å². The third-order valence-electron chi connectivity index (χ3n) is 7.01. The average Bonchev–Trinajstić information content (AvgIpc) is 3.48. The van der Waals surface area contributed by atoms with E-state index >= 15 is 0 Å². The summed E-state index contributed by atoms with van der Waals surface area (Å²) >= 11 is 0. The number of aryl methyl sites for hydroxylation is 1. The molecule has 0 saturated carbocycles. The number of rotatable bonds is 7. The molecule has 2 aliphatic heterocycles. The summed E-state index contributed by atoms with van der Waals surface area (Å²) in [5.41, 5.74) is 5.74. The van der Waals surface area contributed by atoms with E-state index in [0.29, 0.717) is 31.7 Å². The molecule has 3 aromatic rings. The van der Waals surface area contributed by atoms with Crippen LogP contribution in [0.4, 0.5) is 0 Å². The Balaban J connectivity index is 1.40. The first-order valence-corrected chi connectivity index (χ1v) is 12.6. The SMILES string of the molecule is CCCCC1=NC2(CCOC2)C(=O)N1Cc1ccc(-c2cc(-c3cc(C)ccn3)ccc2C#N)cc1. The standard InChI is InChI=1S/C30H30N4O2/c1-3-4-5-28-33-30(13-15-36-20-30)29(35)34(28)19-22-6-8-23(9-7-22)26-17-24(10-11-25(26)18-31)27-16-21(2)12-14-32-27/h6-12,14,16-17H,3-5,13,15,19-20H2,1-2H3. The molecule has 3 heterocycles. The van der Waals surface area contributed by atoms with E-state index in [1.807, 2.05) is 66.4 Å². The molecular formula is C30H30N4O2. The average molecular weight is 479 g/mol. The van der Waals surface area contributed by atoms with Crippen LogP contribution in [0.1, 0.15) is 49.3 Å². The zero-order valence-electron chi connectivity index (χ0n) is 20.8. The Bertz CT molecular complexity index is 1350. The van der Waals surface area contributed by atoms with Crippen LogP contribution in [-0.4, -0.2) is 40.4 Å². The Hall–Kier alpha value is -3.82. The van der Waals surface area contributed by atoms with Crippen molar-refractivity contribution in [2.75, 3.05) is 13.2 Å². The van der Waals surface area contributed by atoms with Crippen LogP contribution in [0.2, 0.25) is 0 Å². The van der Waals surface area contributed by atoms with Crippen LogP contribution in [0.15, 0.2) is 65.8 Å². The van der Waals surface area contributed by atoms with E-state index in [1.165, 1.54) is 0 Å². The Morgan fingerprint density at radius 2 is 1.92 bits per heavy atom. The van der Waals surface area contributed by atoms with Crippen molar-refractivity contribution in [3.05, 3.63) is 77.5 Å². The number of amides is 1. The van der Waals surface area contributed by atoms with Crippen LogP contribution in [0.5, 0.6) is 0 Å². The van der Waals surface area contributed by atoms with E-state index in [4.69, 9.17) is 9.73 Å². The normalized spacial score (nSPS) is 19.1. The molecule has 2 aromatic carbocycles. The van der Waals surface area contributed by atoms with Gasteiger partial charge in [0.25, 0.3) is 5.91 Å². The van der Waals surface area contributed by atoms with E-state index in [-0.39, 0.29) is 5.91 Å². The summed E-state index contributed by atoms with van der Waals surface area (Å²) in [5, 5.41) is 9.73. The highest BCUT2D eigenvalue weighted by atomic mass is 16.5. The zero-order valence-corrected chi connectivity index (χ0v) is 20.8. The van der Waals surface area contributed by atoms with Crippen molar-refractivity contribution in [1.82, 2.24) is 9.88 Å². The lowest BCUT2D eigenvalue weighted by atomic mass is 9.95. The lowest BCUT2D eigenvalue weighted by Gasteiger charge is -2.22. The fourth-order valence-corrected chi connectivity index (χ4v) is 4.93. The highest BCUT2D eigenvalue weighted by molar-refractivity contribution is 6.08. The second kappa shape index (κ2) is 10.0.